The molecule has 2 N–H and O–H groups in total. The number of rotatable bonds is 4. The van der Waals surface area contributed by atoms with Gasteiger partial charge in [0.25, 0.3) is 11.8 Å². The second kappa shape index (κ2) is 7.52. The number of nitrogens with one attached hydrogen (secondary N) is 2. The Kier molecular flexibility index (Phi) is 5.32. The minimum Gasteiger partial charge on any atom is -0.348 e. The quantitative estimate of drug-likeness (QED) is 0.844. The van der Waals surface area contributed by atoms with Crippen LogP contribution in [-0.2, 0) is 9.84 Å². The van der Waals surface area contributed by atoms with Crippen LogP contribution in [0.3, 0.4) is 0 Å². The van der Waals surface area contributed by atoms with E-state index >= 15 is 0 Å². The number of aryl methyl sites for hydroxylation is 2. The molecule has 1 fully saturated rings. The predicted molar refractivity (Wildman–Crippen MR) is 105 cm³/mol. The van der Waals surface area contributed by atoms with Crippen molar-refractivity contribution in [2.75, 3.05) is 16.8 Å². The average Bonchev–Trinajstić information content (AvgIpc) is 2.96. The summed E-state index contributed by atoms with van der Waals surface area (Å²) in [4.78, 5) is 25.0. The fourth-order valence-corrected chi connectivity index (χ4v) is 4.85. The molecule has 1 heterocycles. The standard InChI is InChI=1S/C20H22N2O4S/c1-13-5-3-6-14(2)18(13)22-20(24)16-8-4-7-15(11-16)19(23)21-17-9-10-27(25,26)12-17/h3-8,11,17H,9-10,12H2,1-2H3,(H,21,23)(H,22,24). The molecule has 1 aliphatic rings. The number of anilines is 1. The van der Waals surface area contributed by atoms with Gasteiger partial charge < -0.3 is 10.6 Å². The summed E-state index contributed by atoms with van der Waals surface area (Å²) in [5, 5.41) is 5.63. The van der Waals surface area contributed by atoms with Gasteiger partial charge in [-0.1, -0.05) is 24.3 Å². The van der Waals surface area contributed by atoms with Crippen LogP contribution in [0.25, 0.3) is 0 Å². The summed E-state index contributed by atoms with van der Waals surface area (Å²) in [6.45, 7) is 3.84. The number of carbonyl (C=O) groups is 2. The van der Waals surface area contributed by atoms with E-state index in [9.17, 15) is 18.0 Å². The lowest BCUT2D eigenvalue weighted by Gasteiger charge is -2.13. The molecule has 2 aromatic rings. The highest BCUT2D eigenvalue weighted by atomic mass is 32.2. The molecular weight excluding hydrogens is 364 g/mol. The maximum absolute atomic E-state index is 12.6. The highest BCUT2D eigenvalue weighted by molar-refractivity contribution is 7.91. The highest BCUT2D eigenvalue weighted by Gasteiger charge is 2.29. The molecule has 0 spiro atoms. The van der Waals surface area contributed by atoms with Crippen LogP contribution in [0.4, 0.5) is 5.69 Å². The lowest BCUT2D eigenvalue weighted by molar-refractivity contribution is 0.0941. The monoisotopic (exact) mass is 386 g/mol. The van der Waals surface area contributed by atoms with Crippen molar-refractivity contribution < 1.29 is 18.0 Å². The number of hydrogen-bond donors (Lipinski definition) is 2. The van der Waals surface area contributed by atoms with Crippen LogP contribution in [0.15, 0.2) is 42.5 Å². The van der Waals surface area contributed by atoms with Gasteiger partial charge in [-0.15, -0.1) is 0 Å². The molecule has 1 saturated heterocycles. The van der Waals surface area contributed by atoms with E-state index in [1.54, 1.807) is 18.2 Å². The summed E-state index contributed by atoms with van der Waals surface area (Å²) in [5.41, 5.74) is 3.37. The average molecular weight is 386 g/mol. The Morgan fingerprint density at radius 3 is 2.15 bits per heavy atom. The Morgan fingerprint density at radius 2 is 1.56 bits per heavy atom. The van der Waals surface area contributed by atoms with Crippen molar-refractivity contribution in [3.63, 3.8) is 0 Å². The van der Waals surface area contributed by atoms with Crippen molar-refractivity contribution in [1.82, 2.24) is 5.32 Å². The van der Waals surface area contributed by atoms with E-state index < -0.39 is 9.84 Å². The minimum atomic E-state index is -3.07. The molecule has 0 aliphatic carbocycles. The SMILES string of the molecule is Cc1cccc(C)c1NC(=O)c1cccc(C(=O)NC2CCS(=O)(=O)C2)c1. The van der Waals surface area contributed by atoms with Gasteiger partial charge >= 0.3 is 0 Å². The number of carbonyl (C=O) groups excluding carboxylic acids is 2. The van der Waals surface area contributed by atoms with Gasteiger partial charge in [0.2, 0.25) is 0 Å². The van der Waals surface area contributed by atoms with E-state index in [2.05, 4.69) is 10.6 Å². The van der Waals surface area contributed by atoms with E-state index in [0.717, 1.165) is 16.8 Å². The molecule has 0 bridgehead atoms. The number of para-hydroxylation sites is 1. The van der Waals surface area contributed by atoms with Gasteiger partial charge in [0.05, 0.1) is 11.5 Å². The third-order valence-electron chi connectivity index (χ3n) is 4.67. The fraction of sp³-hybridized carbons (Fsp3) is 0.300. The second-order valence-corrected chi connectivity index (χ2v) is 9.10. The first-order chi connectivity index (χ1) is 12.7. The first-order valence-corrected chi connectivity index (χ1v) is 10.6. The Hall–Kier alpha value is -2.67. The van der Waals surface area contributed by atoms with E-state index in [0.29, 0.717) is 17.5 Å². The second-order valence-electron chi connectivity index (χ2n) is 6.88. The lowest BCUT2D eigenvalue weighted by atomic mass is 10.1. The molecule has 27 heavy (non-hydrogen) atoms. The smallest absolute Gasteiger partial charge is 0.255 e. The number of sulfone groups is 1. The lowest BCUT2D eigenvalue weighted by Crippen LogP contribution is -2.35. The van der Waals surface area contributed by atoms with Crippen LogP contribution in [0.1, 0.15) is 38.3 Å². The van der Waals surface area contributed by atoms with Crippen LogP contribution in [0.5, 0.6) is 0 Å². The number of amides is 2. The van der Waals surface area contributed by atoms with E-state index in [1.807, 2.05) is 32.0 Å². The maximum Gasteiger partial charge on any atom is 0.255 e. The van der Waals surface area contributed by atoms with Crippen LogP contribution in [0.2, 0.25) is 0 Å². The third kappa shape index (κ3) is 4.54. The van der Waals surface area contributed by atoms with Gasteiger partial charge in [-0.3, -0.25) is 9.59 Å². The Labute approximate surface area is 158 Å². The highest BCUT2D eigenvalue weighted by Crippen LogP contribution is 2.20. The minimum absolute atomic E-state index is 0.0362. The first kappa shape index (κ1) is 19.1. The van der Waals surface area contributed by atoms with Crippen molar-refractivity contribution >= 4 is 27.3 Å². The molecule has 0 radical (unpaired) electrons. The van der Waals surface area contributed by atoms with Crippen LogP contribution in [-0.4, -0.2) is 37.8 Å². The molecule has 2 amide bonds. The zero-order valence-corrected chi connectivity index (χ0v) is 16.1. The summed E-state index contributed by atoms with van der Waals surface area (Å²) in [7, 11) is -3.07. The van der Waals surface area contributed by atoms with Gasteiger partial charge in [-0.05, 0) is 49.6 Å². The van der Waals surface area contributed by atoms with Gasteiger partial charge in [0.1, 0.15) is 0 Å². The summed E-state index contributed by atoms with van der Waals surface area (Å²) in [5.74, 6) is -0.619. The molecule has 142 valence electrons. The largest absolute Gasteiger partial charge is 0.348 e. The number of benzene rings is 2. The van der Waals surface area contributed by atoms with Crippen molar-refractivity contribution in [2.45, 2.75) is 26.3 Å². The summed E-state index contributed by atoms with van der Waals surface area (Å²) >= 11 is 0. The van der Waals surface area contributed by atoms with Crippen molar-refractivity contribution in [1.29, 1.82) is 0 Å². The zero-order valence-electron chi connectivity index (χ0n) is 15.3. The van der Waals surface area contributed by atoms with Crippen LogP contribution in [0, 0.1) is 13.8 Å². The van der Waals surface area contributed by atoms with Crippen LogP contribution < -0.4 is 10.6 Å². The summed E-state index contributed by atoms with van der Waals surface area (Å²) in [6, 6.07) is 11.8. The van der Waals surface area contributed by atoms with Gasteiger partial charge in [0.15, 0.2) is 9.84 Å². The molecular formula is C20H22N2O4S. The molecule has 2 aromatic carbocycles. The third-order valence-corrected chi connectivity index (χ3v) is 6.44. The molecule has 7 heteroatoms. The first-order valence-electron chi connectivity index (χ1n) is 8.74. The Bertz CT molecular complexity index is 979. The van der Waals surface area contributed by atoms with Crippen LogP contribution >= 0.6 is 0 Å². The van der Waals surface area contributed by atoms with Gasteiger partial charge in [-0.25, -0.2) is 8.42 Å². The van der Waals surface area contributed by atoms with E-state index in [4.69, 9.17) is 0 Å². The zero-order chi connectivity index (χ0) is 19.6. The predicted octanol–water partition coefficient (Wildman–Crippen LogP) is 2.47. The Morgan fingerprint density at radius 1 is 0.963 bits per heavy atom. The van der Waals surface area contributed by atoms with Gasteiger partial charge in [0, 0.05) is 22.9 Å². The Balaban J connectivity index is 1.73. The molecule has 6 nitrogen and oxygen atoms in total. The number of hydrogen-bond acceptors (Lipinski definition) is 4. The van der Waals surface area contributed by atoms with Crippen molar-refractivity contribution in [3.8, 4) is 0 Å². The summed E-state index contributed by atoms with van der Waals surface area (Å²) < 4.78 is 23.1. The van der Waals surface area contributed by atoms with Gasteiger partial charge in [-0.2, -0.15) is 0 Å². The van der Waals surface area contributed by atoms with Crippen molar-refractivity contribution in [3.05, 3.63) is 64.7 Å². The molecule has 0 aromatic heterocycles. The topological polar surface area (TPSA) is 92.3 Å². The van der Waals surface area contributed by atoms with Crippen molar-refractivity contribution in [2.24, 2.45) is 0 Å². The molecule has 0 saturated carbocycles. The summed E-state index contributed by atoms with van der Waals surface area (Å²) in [6.07, 6.45) is 0.417. The molecule has 1 atom stereocenters. The van der Waals surface area contributed by atoms with E-state index in [1.165, 1.54) is 6.07 Å². The molecule has 1 unspecified atom stereocenters. The molecule has 3 rings (SSSR count). The van der Waals surface area contributed by atoms with E-state index in [-0.39, 0.29) is 29.4 Å². The molecule has 1 aliphatic heterocycles. The normalized spacial score (nSPS) is 18.1. The maximum atomic E-state index is 12.6. The fourth-order valence-electron chi connectivity index (χ4n) is 3.18.